The number of rotatable bonds is 5. The number of nitrogens with zero attached hydrogens (tertiary/aromatic N) is 4. The highest BCUT2D eigenvalue weighted by molar-refractivity contribution is 6.06. The lowest BCUT2D eigenvalue weighted by Crippen LogP contribution is -2.30. The van der Waals surface area contributed by atoms with Gasteiger partial charge >= 0.3 is 0 Å². The number of benzene rings is 1. The van der Waals surface area contributed by atoms with Gasteiger partial charge in [-0.1, -0.05) is 18.2 Å². The van der Waals surface area contributed by atoms with Crippen molar-refractivity contribution in [1.82, 2.24) is 19.7 Å². The van der Waals surface area contributed by atoms with E-state index >= 15 is 0 Å². The van der Waals surface area contributed by atoms with Gasteiger partial charge in [-0.2, -0.15) is 5.10 Å². The molecule has 2 aromatic heterocycles. The number of carbonyl (C=O) groups is 1. The van der Waals surface area contributed by atoms with Crippen molar-refractivity contribution in [3.8, 4) is 5.75 Å². The van der Waals surface area contributed by atoms with Crippen LogP contribution in [0, 0.1) is 6.92 Å². The Morgan fingerprint density at radius 1 is 1.32 bits per heavy atom. The first-order valence-electron chi connectivity index (χ1n) is 9.66. The monoisotopic (exact) mass is 378 g/mol. The first kappa shape index (κ1) is 18.5. The molecule has 1 atom stereocenters. The van der Waals surface area contributed by atoms with Crippen LogP contribution in [0.5, 0.6) is 5.75 Å². The average molecular weight is 378 g/mol. The van der Waals surface area contributed by atoms with Crippen molar-refractivity contribution in [2.24, 2.45) is 7.05 Å². The van der Waals surface area contributed by atoms with Gasteiger partial charge in [0, 0.05) is 31.3 Å². The van der Waals surface area contributed by atoms with E-state index in [2.05, 4.69) is 5.10 Å². The number of ether oxygens (including phenoxy) is 1. The maximum Gasteiger partial charge on any atom is 0.254 e. The summed E-state index contributed by atoms with van der Waals surface area (Å²) < 4.78 is 7.27. The van der Waals surface area contributed by atoms with Crippen LogP contribution >= 0.6 is 0 Å². The van der Waals surface area contributed by atoms with Crippen LogP contribution in [0.4, 0.5) is 0 Å². The van der Waals surface area contributed by atoms with Gasteiger partial charge in [-0.3, -0.25) is 9.48 Å². The lowest BCUT2D eigenvalue weighted by atomic mass is 10.0. The molecule has 1 aromatic carbocycles. The van der Waals surface area contributed by atoms with E-state index in [-0.39, 0.29) is 11.9 Å². The standard InChI is InChI=1S/C22H26N4O2/c1-13-20-17(12-18(15-10-11-15)23-21(20)26(4)24-13)22(27)25(3)14(2)16-8-6-7-9-19(16)28-5/h6-9,12,14-15H,10-11H2,1-5H3. The number of aromatic nitrogens is 3. The molecule has 28 heavy (non-hydrogen) atoms. The lowest BCUT2D eigenvalue weighted by molar-refractivity contribution is 0.0743. The molecule has 0 saturated heterocycles. The molecule has 146 valence electrons. The molecule has 1 fully saturated rings. The first-order chi connectivity index (χ1) is 13.4. The summed E-state index contributed by atoms with van der Waals surface area (Å²) in [6.07, 6.45) is 2.27. The fraction of sp³-hybridized carbons (Fsp3) is 0.409. The molecule has 0 bridgehead atoms. The van der Waals surface area contributed by atoms with Crippen molar-refractivity contribution in [2.75, 3.05) is 14.2 Å². The summed E-state index contributed by atoms with van der Waals surface area (Å²) in [5, 5.41) is 5.35. The topological polar surface area (TPSA) is 60.2 Å². The summed E-state index contributed by atoms with van der Waals surface area (Å²) in [7, 11) is 5.38. The third-order valence-electron chi connectivity index (χ3n) is 5.70. The Labute approximate surface area is 165 Å². The van der Waals surface area contributed by atoms with Gasteiger partial charge in [-0.05, 0) is 38.8 Å². The zero-order valence-corrected chi connectivity index (χ0v) is 17.1. The quantitative estimate of drug-likeness (QED) is 0.673. The molecule has 3 aromatic rings. The molecule has 0 N–H and O–H groups in total. The SMILES string of the molecule is COc1ccccc1C(C)N(C)C(=O)c1cc(C2CC2)nc2c1c(C)nn2C. The second kappa shape index (κ2) is 6.93. The van der Waals surface area contributed by atoms with Gasteiger partial charge in [-0.25, -0.2) is 4.98 Å². The van der Waals surface area contributed by atoms with Gasteiger partial charge in [0.25, 0.3) is 5.91 Å². The summed E-state index contributed by atoms with van der Waals surface area (Å²) in [5.41, 5.74) is 4.27. The predicted octanol–water partition coefficient (Wildman–Crippen LogP) is 4.00. The molecule has 0 aliphatic heterocycles. The Hall–Kier alpha value is -2.89. The molecule has 1 aliphatic rings. The van der Waals surface area contributed by atoms with Gasteiger partial charge in [0.2, 0.25) is 0 Å². The van der Waals surface area contributed by atoms with Gasteiger partial charge in [0.15, 0.2) is 5.65 Å². The molecule has 1 aliphatic carbocycles. The molecule has 6 heteroatoms. The van der Waals surface area contributed by atoms with Crippen LogP contribution in [0.1, 0.15) is 59.0 Å². The number of pyridine rings is 1. The van der Waals surface area contributed by atoms with E-state index in [4.69, 9.17) is 9.72 Å². The largest absolute Gasteiger partial charge is 0.496 e. The number of methoxy groups -OCH3 is 1. The Balaban J connectivity index is 1.77. The normalized spacial score (nSPS) is 14.9. The Morgan fingerprint density at radius 2 is 2.04 bits per heavy atom. The second-order valence-corrected chi connectivity index (χ2v) is 7.61. The predicted molar refractivity (Wildman–Crippen MR) is 109 cm³/mol. The van der Waals surface area contributed by atoms with E-state index in [1.54, 1.807) is 16.7 Å². The molecule has 1 saturated carbocycles. The van der Waals surface area contributed by atoms with Crippen LogP contribution in [-0.2, 0) is 7.05 Å². The minimum atomic E-state index is -0.131. The lowest BCUT2D eigenvalue weighted by Gasteiger charge is -2.27. The van der Waals surface area contributed by atoms with E-state index in [1.807, 2.05) is 58.3 Å². The third-order valence-corrected chi connectivity index (χ3v) is 5.70. The van der Waals surface area contributed by atoms with Crippen LogP contribution in [0.3, 0.4) is 0 Å². The van der Waals surface area contributed by atoms with Gasteiger partial charge < -0.3 is 9.64 Å². The van der Waals surface area contributed by atoms with Crippen LogP contribution in [-0.4, -0.2) is 39.7 Å². The van der Waals surface area contributed by atoms with Crippen LogP contribution in [0.25, 0.3) is 11.0 Å². The highest BCUT2D eigenvalue weighted by Gasteiger charge is 2.30. The number of aryl methyl sites for hydroxylation is 2. The zero-order chi connectivity index (χ0) is 20.0. The molecular weight excluding hydrogens is 352 g/mol. The maximum absolute atomic E-state index is 13.6. The number of fused-ring (bicyclic) bond motifs is 1. The van der Waals surface area contributed by atoms with E-state index in [0.717, 1.165) is 46.6 Å². The summed E-state index contributed by atoms with van der Waals surface area (Å²) in [4.78, 5) is 20.1. The Bertz CT molecular complexity index is 1050. The Morgan fingerprint density at radius 3 is 2.71 bits per heavy atom. The number of carbonyl (C=O) groups excluding carboxylic acids is 1. The fourth-order valence-corrected chi connectivity index (χ4v) is 3.81. The minimum absolute atomic E-state index is 0.0243. The van der Waals surface area contributed by atoms with E-state index in [0.29, 0.717) is 11.5 Å². The van der Waals surface area contributed by atoms with Crippen molar-refractivity contribution in [3.63, 3.8) is 0 Å². The van der Waals surface area contributed by atoms with E-state index in [1.165, 1.54) is 0 Å². The van der Waals surface area contributed by atoms with E-state index < -0.39 is 0 Å². The zero-order valence-electron chi connectivity index (χ0n) is 17.1. The van der Waals surface area contributed by atoms with Crippen molar-refractivity contribution < 1.29 is 9.53 Å². The Kier molecular flexibility index (Phi) is 4.57. The molecular formula is C22H26N4O2. The summed E-state index contributed by atoms with van der Waals surface area (Å²) in [6, 6.07) is 9.67. The van der Waals surface area contributed by atoms with Crippen LogP contribution in [0.2, 0.25) is 0 Å². The van der Waals surface area contributed by atoms with Crippen molar-refractivity contribution in [1.29, 1.82) is 0 Å². The maximum atomic E-state index is 13.6. The summed E-state index contributed by atoms with van der Waals surface area (Å²) in [6.45, 7) is 3.95. The van der Waals surface area contributed by atoms with Crippen molar-refractivity contribution in [2.45, 2.75) is 38.6 Å². The van der Waals surface area contributed by atoms with Crippen molar-refractivity contribution in [3.05, 3.63) is 52.8 Å². The molecule has 0 spiro atoms. The molecule has 6 nitrogen and oxygen atoms in total. The van der Waals surface area contributed by atoms with Gasteiger partial charge in [0.05, 0.1) is 29.8 Å². The molecule has 4 rings (SSSR count). The highest BCUT2D eigenvalue weighted by Crippen LogP contribution is 2.41. The van der Waals surface area contributed by atoms with Crippen LogP contribution < -0.4 is 4.74 Å². The number of amides is 1. The van der Waals surface area contributed by atoms with Crippen LogP contribution in [0.15, 0.2) is 30.3 Å². The number of para-hydroxylation sites is 1. The molecule has 1 amide bonds. The summed E-state index contributed by atoms with van der Waals surface area (Å²) >= 11 is 0. The van der Waals surface area contributed by atoms with E-state index in [9.17, 15) is 4.79 Å². The molecule has 1 unspecified atom stereocenters. The number of hydrogen-bond donors (Lipinski definition) is 0. The second-order valence-electron chi connectivity index (χ2n) is 7.61. The third kappa shape index (κ3) is 3.03. The van der Waals surface area contributed by atoms with Crippen molar-refractivity contribution >= 4 is 16.9 Å². The average Bonchev–Trinajstić information content (AvgIpc) is 3.52. The molecule has 0 radical (unpaired) electrons. The van der Waals surface area contributed by atoms with Gasteiger partial charge in [0.1, 0.15) is 5.75 Å². The summed E-state index contributed by atoms with van der Waals surface area (Å²) in [5.74, 6) is 1.22. The van der Waals surface area contributed by atoms with Gasteiger partial charge in [-0.15, -0.1) is 0 Å². The fourth-order valence-electron chi connectivity index (χ4n) is 3.81. The molecule has 2 heterocycles. The minimum Gasteiger partial charge on any atom is -0.496 e. The smallest absolute Gasteiger partial charge is 0.254 e. The highest BCUT2D eigenvalue weighted by atomic mass is 16.5. The first-order valence-corrected chi connectivity index (χ1v) is 9.66. The number of hydrogen-bond acceptors (Lipinski definition) is 4.